The van der Waals surface area contributed by atoms with E-state index in [0.29, 0.717) is 0 Å². The molecule has 0 saturated carbocycles. The van der Waals surface area contributed by atoms with E-state index in [-0.39, 0.29) is 0 Å². The van der Waals surface area contributed by atoms with Crippen molar-refractivity contribution in [3.63, 3.8) is 0 Å². The van der Waals surface area contributed by atoms with E-state index in [2.05, 4.69) is 65.9 Å². The number of allylic oxidation sites excluding steroid dienone is 1. The van der Waals surface area contributed by atoms with Crippen LogP contribution in [0.3, 0.4) is 0 Å². The van der Waals surface area contributed by atoms with E-state index in [9.17, 15) is 0 Å². The summed E-state index contributed by atoms with van der Waals surface area (Å²) >= 11 is 3.45. The van der Waals surface area contributed by atoms with E-state index in [1.807, 2.05) is 0 Å². The molecule has 0 radical (unpaired) electrons. The molecule has 0 nitrogen and oxygen atoms in total. The molecule has 1 aromatic rings. The Labute approximate surface area is 89.8 Å². The highest BCUT2D eigenvalue weighted by molar-refractivity contribution is 9.11. The Bertz CT molecular complexity index is 290. The topological polar surface area (TPSA) is 0 Å². The first-order valence-electron chi connectivity index (χ1n) is 4.41. The monoisotopic (exact) mass is 254 g/mol. The highest BCUT2D eigenvalue weighted by atomic mass is 79.9. The predicted octanol–water partition coefficient (Wildman–Crippen LogP) is 3.51. The number of halogens is 1. The summed E-state index contributed by atoms with van der Waals surface area (Å²) in [4.78, 5) is 0. The fourth-order valence-electron chi connectivity index (χ4n) is 1.47. The molecule has 0 aliphatic carbocycles. The van der Waals surface area contributed by atoms with Crippen molar-refractivity contribution in [3.05, 3.63) is 41.4 Å². The molecule has 1 aromatic carbocycles. The van der Waals surface area contributed by atoms with Gasteiger partial charge in [-0.3, -0.25) is 0 Å². The molecule has 2 heteroatoms. The molecule has 0 fully saturated rings. The van der Waals surface area contributed by atoms with Gasteiger partial charge in [-0.1, -0.05) is 71.1 Å². The van der Waals surface area contributed by atoms with Crippen molar-refractivity contribution in [3.8, 4) is 0 Å². The van der Waals surface area contributed by atoms with E-state index >= 15 is 0 Å². The van der Waals surface area contributed by atoms with E-state index in [0.717, 1.165) is 10.5 Å². The van der Waals surface area contributed by atoms with Gasteiger partial charge in [-0.25, -0.2) is 0 Å². The molecule has 0 amide bonds. The van der Waals surface area contributed by atoms with Gasteiger partial charge in [-0.2, -0.15) is 0 Å². The fourth-order valence-corrected chi connectivity index (χ4v) is 5.83. The van der Waals surface area contributed by atoms with Crippen molar-refractivity contribution >= 4 is 29.2 Å². The van der Waals surface area contributed by atoms with Gasteiger partial charge in [0.25, 0.3) is 0 Å². The first-order valence-corrected chi connectivity index (χ1v) is 8.41. The largest absolute Gasteiger partial charge is 0.0891 e. The Morgan fingerprint density at radius 1 is 1.31 bits per heavy atom. The van der Waals surface area contributed by atoms with Gasteiger partial charge >= 0.3 is 0 Å². The zero-order valence-corrected chi connectivity index (χ0v) is 10.8. The molecule has 0 atom stereocenters. The molecule has 0 saturated heterocycles. The fraction of sp³-hybridized carbons (Fsp3) is 0.273. The van der Waals surface area contributed by atoms with Crippen LogP contribution in [0.15, 0.2) is 41.4 Å². The summed E-state index contributed by atoms with van der Waals surface area (Å²) < 4.78 is 1.12. The lowest BCUT2D eigenvalue weighted by molar-refractivity contribution is 1.52. The molecule has 0 heterocycles. The van der Waals surface area contributed by atoms with Crippen LogP contribution in [0.4, 0.5) is 0 Å². The zero-order chi connectivity index (χ0) is 9.90. The van der Waals surface area contributed by atoms with Crippen molar-refractivity contribution in [1.82, 2.24) is 0 Å². The minimum atomic E-state index is -1.29. The predicted molar refractivity (Wildman–Crippen MR) is 66.4 cm³/mol. The summed E-state index contributed by atoms with van der Waals surface area (Å²) in [7, 11) is -1.29. The molecular formula is C11H15BrSi. The number of hydrogen-bond donors (Lipinski definition) is 0. The van der Waals surface area contributed by atoms with Gasteiger partial charge < -0.3 is 0 Å². The Hall–Kier alpha value is -0.343. The van der Waals surface area contributed by atoms with E-state index < -0.39 is 8.07 Å². The highest BCUT2D eigenvalue weighted by Crippen LogP contribution is 2.19. The zero-order valence-electron chi connectivity index (χ0n) is 8.18. The van der Waals surface area contributed by atoms with Crippen LogP contribution in [0.2, 0.25) is 19.1 Å². The van der Waals surface area contributed by atoms with Gasteiger partial charge in [0.15, 0.2) is 0 Å². The normalized spacial score (nSPS) is 11.3. The van der Waals surface area contributed by atoms with Crippen LogP contribution in [0.25, 0.3) is 0 Å². The summed E-state index contributed by atoms with van der Waals surface area (Å²) in [6, 6.07) is 11.8. The molecule has 0 spiro atoms. The first kappa shape index (κ1) is 10.7. The molecule has 1 rings (SSSR count). The molecule has 0 bridgehead atoms. The highest BCUT2D eigenvalue weighted by Gasteiger charge is 2.22. The SMILES string of the molecule is C=C(Br)C[Si](C)(C)c1ccccc1. The lowest BCUT2D eigenvalue weighted by atomic mass is 10.4. The van der Waals surface area contributed by atoms with Gasteiger partial charge in [0.1, 0.15) is 0 Å². The minimum Gasteiger partial charge on any atom is -0.0891 e. The first-order chi connectivity index (χ1) is 6.02. The van der Waals surface area contributed by atoms with Crippen molar-refractivity contribution < 1.29 is 0 Å². The second-order valence-electron chi connectivity index (χ2n) is 3.94. The molecule has 0 N–H and O–H groups in total. The van der Waals surface area contributed by atoms with Crippen molar-refractivity contribution in [2.75, 3.05) is 0 Å². The van der Waals surface area contributed by atoms with Crippen molar-refractivity contribution in [2.45, 2.75) is 19.1 Å². The van der Waals surface area contributed by atoms with E-state index in [1.165, 1.54) is 5.19 Å². The van der Waals surface area contributed by atoms with Gasteiger partial charge in [-0.05, 0) is 10.5 Å². The number of rotatable bonds is 3. The smallest absolute Gasteiger partial charge is 0.0854 e. The maximum Gasteiger partial charge on any atom is 0.0854 e. The third-order valence-corrected chi connectivity index (χ3v) is 6.19. The molecule has 0 aliphatic rings. The van der Waals surface area contributed by atoms with Crippen LogP contribution in [0.5, 0.6) is 0 Å². The molecule has 70 valence electrons. The molecule has 13 heavy (non-hydrogen) atoms. The van der Waals surface area contributed by atoms with Crippen LogP contribution in [0.1, 0.15) is 0 Å². The Morgan fingerprint density at radius 3 is 2.31 bits per heavy atom. The Kier molecular flexibility index (Phi) is 3.51. The lowest BCUT2D eigenvalue weighted by Gasteiger charge is -2.22. The van der Waals surface area contributed by atoms with E-state index in [1.54, 1.807) is 0 Å². The second kappa shape index (κ2) is 4.25. The second-order valence-corrected chi connectivity index (χ2v) is 9.76. The summed E-state index contributed by atoms with van der Waals surface area (Å²) in [5.74, 6) is 0. The van der Waals surface area contributed by atoms with Crippen molar-refractivity contribution in [2.24, 2.45) is 0 Å². The minimum absolute atomic E-state index is 1.11. The summed E-state index contributed by atoms with van der Waals surface area (Å²) in [6.45, 7) is 8.66. The van der Waals surface area contributed by atoms with Crippen LogP contribution in [-0.4, -0.2) is 8.07 Å². The van der Waals surface area contributed by atoms with Gasteiger partial charge in [-0.15, -0.1) is 0 Å². The number of hydrogen-bond acceptors (Lipinski definition) is 0. The summed E-state index contributed by atoms with van der Waals surface area (Å²) in [5, 5.41) is 1.50. The van der Waals surface area contributed by atoms with Gasteiger partial charge in [0.2, 0.25) is 0 Å². The van der Waals surface area contributed by atoms with Crippen LogP contribution < -0.4 is 5.19 Å². The maximum absolute atomic E-state index is 3.92. The third-order valence-electron chi connectivity index (χ3n) is 2.19. The Morgan fingerprint density at radius 2 is 1.85 bits per heavy atom. The maximum atomic E-state index is 3.92. The molecule has 0 unspecified atom stereocenters. The number of benzene rings is 1. The van der Waals surface area contributed by atoms with Gasteiger partial charge in [0.05, 0.1) is 8.07 Å². The van der Waals surface area contributed by atoms with Gasteiger partial charge in [0, 0.05) is 0 Å². The van der Waals surface area contributed by atoms with Crippen molar-refractivity contribution in [1.29, 1.82) is 0 Å². The standard InChI is InChI=1S/C11H15BrSi/c1-10(12)9-13(2,3)11-7-5-4-6-8-11/h4-8H,1,9H2,2-3H3. The average Bonchev–Trinajstić information content (AvgIpc) is 2.04. The average molecular weight is 255 g/mol. The van der Waals surface area contributed by atoms with E-state index in [4.69, 9.17) is 0 Å². The summed E-state index contributed by atoms with van der Waals surface area (Å²) in [5.41, 5.74) is 0. The van der Waals surface area contributed by atoms with Crippen LogP contribution in [-0.2, 0) is 0 Å². The Balaban J connectivity index is 2.87. The summed E-state index contributed by atoms with van der Waals surface area (Å²) in [6.07, 6.45) is 0. The lowest BCUT2D eigenvalue weighted by Crippen LogP contribution is -2.40. The van der Waals surface area contributed by atoms with Crippen LogP contribution >= 0.6 is 15.9 Å². The molecule has 0 aromatic heterocycles. The third kappa shape index (κ3) is 3.12. The molecular weight excluding hydrogens is 240 g/mol. The van der Waals surface area contributed by atoms with Crippen LogP contribution in [0, 0.1) is 0 Å². The molecule has 0 aliphatic heterocycles. The quantitative estimate of drug-likeness (QED) is 0.725.